The topological polar surface area (TPSA) is 60.7 Å². The van der Waals surface area contributed by atoms with E-state index >= 15 is 0 Å². The molecule has 2 aromatic rings. The Morgan fingerprint density at radius 3 is 2.42 bits per heavy atom. The van der Waals surface area contributed by atoms with Gasteiger partial charge in [-0.1, -0.05) is 15.9 Å². The normalized spacial score (nSPS) is 10.2. The molecule has 2 aromatic carbocycles. The molecule has 0 heterocycles. The van der Waals surface area contributed by atoms with Gasteiger partial charge in [0.2, 0.25) is 0 Å². The van der Waals surface area contributed by atoms with Crippen LogP contribution in [0.5, 0.6) is 11.5 Å². The first-order valence-electron chi connectivity index (χ1n) is 7.38. The fraction of sp³-hybridized carbons (Fsp3) is 0.235. The summed E-state index contributed by atoms with van der Waals surface area (Å²) in [7, 11) is 0.824. The van der Waals surface area contributed by atoms with Crippen LogP contribution in [0.25, 0.3) is 0 Å². The highest BCUT2D eigenvalue weighted by molar-refractivity contribution is 9.10. The highest BCUT2D eigenvalue weighted by atomic mass is 79.9. The third kappa shape index (κ3) is 5.36. The molecule has 0 radical (unpaired) electrons. The van der Waals surface area contributed by atoms with Crippen molar-refractivity contribution in [2.45, 2.75) is 13.5 Å². The zero-order chi connectivity index (χ0) is 17.4. The Hall–Kier alpha value is -1.85. The number of halogens is 1. The number of nitriles is 1. The number of benzene rings is 2. The zero-order valence-electron chi connectivity index (χ0n) is 13.5. The second-order valence-electron chi connectivity index (χ2n) is 4.78. The molecule has 0 aliphatic carbocycles. The molecule has 0 fully saturated rings. The van der Waals surface area contributed by atoms with Crippen molar-refractivity contribution in [1.29, 1.82) is 5.26 Å². The second-order valence-corrected chi connectivity index (χ2v) is 5.64. The van der Waals surface area contributed by atoms with Gasteiger partial charge in [-0.2, -0.15) is 5.26 Å². The van der Waals surface area contributed by atoms with Gasteiger partial charge in [0, 0.05) is 18.2 Å². The maximum absolute atomic E-state index is 8.82. The Morgan fingerprint density at radius 1 is 1.08 bits per heavy atom. The van der Waals surface area contributed by atoms with E-state index in [0.29, 0.717) is 30.3 Å². The molecule has 7 heteroatoms. The van der Waals surface area contributed by atoms with E-state index in [-0.39, 0.29) is 0 Å². The monoisotopic (exact) mass is 389 g/mol. The molecule has 24 heavy (non-hydrogen) atoms. The average molecular weight is 390 g/mol. The Balaban J connectivity index is 2.05. The summed E-state index contributed by atoms with van der Waals surface area (Å²) in [4.78, 5) is 0. The SMILES string of the molecule is CCOB(OC)OCc1cc(Oc2ccc(C#N)cc2)ccc1Br. The third-order valence-electron chi connectivity index (χ3n) is 3.11. The standard InChI is InChI=1S/C17H17BBrNO4/c1-3-22-18(21-2)23-12-14-10-16(8-9-17(14)19)24-15-6-4-13(11-20)5-7-15/h4-10H,3,12H2,1-2H3. The van der Waals surface area contributed by atoms with Crippen molar-refractivity contribution < 1.29 is 18.7 Å². The van der Waals surface area contributed by atoms with E-state index in [1.54, 1.807) is 24.3 Å². The summed E-state index contributed by atoms with van der Waals surface area (Å²) >= 11 is 3.49. The lowest BCUT2D eigenvalue weighted by Gasteiger charge is -2.13. The minimum absolute atomic E-state index is 0.309. The Bertz CT molecular complexity index is 703. The first-order chi connectivity index (χ1) is 11.7. The van der Waals surface area contributed by atoms with Gasteiger partial charge in [-0.05, 0) is 55.0 Å². The van der Waals surface area contributed by atoms with Crippen LogP contribution in [0.4, 0.5) is 0 Å². The summed E-state index contributed by atoms with van der Waals surface area (Å²) < 4.78 is 22.6. The van der Waals surface area contributed by atoms with Crippen molar-refractivity contribution in [2.24, 2.45) is 0 Å². The maximum atomic E-state index is 8.82. The number of ether oxygens (including phenoxy) is 1. The quantitative estimate of drug-likeness (QED) is 0.630. The van der Waals surface area contributed by atoms with Gasteiger partial charge < -0.3 is 18.7 Å². The molecule has 0 unspecified atom stereocenters. The molecule has 5 nitrogen and oxygen atoms in total. The predicted molar refractivity (Wildman–Crippen MR) is 94.6 cm³/mol. The van der Waals surface area contributed by atoms with Gasteiger partial charge in [-0.3, -0.25) is 0 Å². The Kier molecular flexibility index (Phi) is 7.28. The van der Waals surface area contributed by atoms with Crippen molar-refractivity contribution in [3.63, 3.8) is 0 Å². The lowest BCUT2D eigenvalue weighted by molar-refractivity contribution is 0.111. The van der Waals surface area contributed by atoms with E-state index < -0.39 is 7.32 Å². The second kappa shape index (κ2) is 9.45. The molecule has 0 saturated carbocycles. The summed E-state index contributed by atoms with van der Waals surface area (Å²) in [6.07, 6.45) is 0. The van der Waals surface area contributed by atoms with Crippen molar-refractivity contribution in [3.05, 3.63) is 58.1 Å². The van der Waals surface area contributed by atoms with E-state index in [2.05, 4.69) is 22.0 Å². The largest absolute Gasteiger partial charge is 0.639 e. The molecule has 0 aliphatic heterocycles. The summed E-state index contributed by atoms with van der Waals surface area (Å²) in [6, 6.07) is 14.6. The summed E-state index contributed by atoms with van der Waals surface area (Å²) in [6.45, 7) is 2.68. The van der Waals surface area contributed by atoms with Crippen molar-refractivity contribution >= 4 is 23.3 Å². The molecular formula is C17H17BBrNO4. The first kappa shape index (κ1) is 18.5. The van der Waals surface area contributed by atoms with E-state index in [0.717, 1.165) is 10.0 Å². The molecule has 0 saturated heterocycles. The fourth-order valence-corrected chi connectivity index (χ4v) is 2.30. The number of hydrogen-bond acceptors (Lipinski definition) is 5. The predicted octanol–water partition coefficient (Wildman–Crippen LogP) is 4.30. The fourth-order valence-electron chi connectivity index (χ4n) is 1.94. The summed E-state index contributed by atoms with van der Waals surface area (Å²) in [5.74, 6) is 1.33. The van der Waals surface area contributed by atoms with Crippen LogP contribution in [0.15, 0.2) is 46.9 Å². The molecule has 0 aromatic heterocycles. The maximum Gasteiger partial charge on any atom is 0.639 e. The molecule has 0 amide bonds. The Morgan fingerprint density at radius 2 is 1.79 bits per heavy atom. The van der Waals surface area contributed by atoms with Crippen LogP contribution in [-0.4, -0.2) is 21.0 Å². The van der Waals surface area contributed by atoms with Crippen molar-refractivity contribution in [2.75, 3.05) is 13.7 Å². The van der Waals surface area contributed by atoms with Gasteiger partial charge in [0.15, 0.2) is 0 Å². The lowest BCUT2D eigenvalue weighted by Crippen LogP contribution is -2.25. The number of rotatable bonds is 8. The molecule has 0 N–H and O–H groups in total. The van der Waals surface area contributed by atoms with Gasteiger partial charge >= 0.3 is 7.32 Å². The van der Waals surface area contributed by atoms with Crippen LogP contribution in [0.1, 0.15) is 18.1 Å². The minimum atomic E-state index is -0.704. The Labute approximate surface area is 150 Å². The van der Waals surface area contributed by atoms with Crippen LogP contribution in [0, 0.1) is 11.3 Å². The highest BCUT2D eigenvalue weighted by Gasteiger charge is 2.19. The molecule has 0 bridgehead atoms. The van der Waals surface area contributed by atoms with Gasteiger partial charge in [-0.15, -0.1) is 0 Å². The zero-order valence-corrected chi connectivity index (χ0v) is 15.1. The molecule has 2 rings (SSSR count). The van der Waals surface area contributed by atoms with E-state index in [1.807, 2.05) is 25.1 Å². The van der Waals surface area contributed by atoms with Gasteiger partial charge in [0.25, 0.3) is 0 Å². The molecule has 0 aliphatic rings. The van der Waals surface area contributed by atoms with Gasteiger partial charge in [-0.25, -0.2) is 0 Å². The molecule has 0 atom stereocenters. The van der Waals surface area contributed by atoms with E-state index in [1.165, 1.54) is 7.11 Å². The van der Waals surface area contributed by atoms with Gasteiger partial charge in [0.05, 0.1) is 18.2 Å². The van der Waals surface area contributed by atoms with Crippen molar-refractivity contribution in [1.82, 2.24) is 0 Å². The van der Waals surface area contributed by atoms with E-state index in [9.17, 15) is 0 Å². The van der Waals surface area contributed by atoms with Crippen molar-refractivity contribution in [3.8, 4) is 17.6 Å². The first-order valence-corrected chi connectivity index (χ1v) is 8.18. The lowest BCUT2D eigenvalue weighted by atomic mass is 10.2. The number of hydrogen-bond donors (Lipinski definition) is 0. The van der Waals surface area contributed by atoms with Crippen LogP contribution in [-0.2, 0) is 20.6 Å². The minimum Gasteiger partial charge on any atom is -0.457 e. The van der Waals surface area contributed by atoms with Gasteiger partial charge in [0.1, 0.15) is 11.5 Å². The number of nitrogens with zero attached hydrogens (tertiary/aromatic N) is 1. The van der Waals surface area contributed by atoms with E-state index in [4.69, 9.17) is 24.0 Å². The van der Waals surface area contributed by atoms with Crippen LogP contribution in [0.3, 0.4) is 0 Å². The van der Waals surface area contributed by atoms with Crippen LogP contribution in [0.2, 0.25) is 0 Å². The molecular weight excluding hydrogens is 373 g/mol. The third-order valence-corrected chi connectivity index (χ3v) is 3.88. The highest BCUT2D eigenvalue weighted by Crippen LogP contribution is 2.27. The smallest absolute Gasteiger partial charge is 0.457 e. The molecule has 0 spiro atoms. The average Bonchev–Trinajstić information content (AvgIpc) is 2.61. The molecule has 124 valence electrons. The van der Waals surface area contributed by atoms with Crippen LogP contribution >= 0.6 is 15.9 Å². The summed E-state index contributed by atoms with van der Waals surface area (Å²) in [5.41, 5.74) is 1.50. The summed E-state index contributed by atoms with van der Waals surface area (Å²) in [5, 5.41) is 8.82. The van der Waals surface area contributed by atoms with Crippen LogP contribution < -0.4 is 4.74 Å².